The average molecular weight is 169 g/mol. The van der Waals surface area contributed by atoms with Gasteiger partial charge in [0.15, 0.2) is 5.90 Å². The molecule has 64 valence electrons. The van der Waals surface area contributed by atoms with E-state index in [1.807, 2.05) is 0 Å². The van der Waals surface area contributed by atoms with E-state index in [9.17, 15) is 13.2 Å². The molecule has 0 fully saturated rings. The van der Waals surface area contributed by atoms with Gasteiger partial charge in [0, 0.05) is 6.92 Å². The van der Waals surface area contributed by atoms with Crippen molar-refractivity contribution < 1.29 is 23.0 Å². The maximum absolute atomic E-state index is 11.8. The number of aliphatic hydroxyl groups is 1. The highest BCUT2D eigenvalue weighted by Gasteiger charge is 2.48. The van der Waals surface area contributed by atoms with Gasteiger partial charge in [-0.25, -0.2) is 4.99 Å². The van der Waals surface area contributed by atoms with E-state index in [-0.39, 0.29) is 5.90 Å². The van der Waals surface area contributed by atoms with Gasteiger partial charge < -0.3 is 9.84 Å². The number of hydrogen-bond acceptors (Lipinski definition) is 3. The Kier molecular flexibility index (Phi) is 1.79. The number of halogens is 3. The summed E-state index contributed by atoms with van der Waals surface area (Å²) < 4.78 is 39.8. The second-order valence-electron chi connectivity index (χ2n) is 2.14. The highest BCUT2D eigenvalue weighted by molar-refractivity contribution is 5.75. The summed E-state index contributed by atoms with van der Waals surface area (Å²) >= 11 is 0. The Morgan fingerprint density at radius 3 is 2.27 bits per heavy atom. The van der Waals surface area contributed by atoms with Gasteiger partial charge in [-0.1, -0.05) is 0 Å². The average Bonchev–Trinajstić information content (AvgIpc) is 2.08. The predicted octanol–water partition coefficient (Wildman–Crippen LogP) is 0.684. The third-order valence-electron chi connectivity index (χ3n) is 1.22. The third kappa shape index (κ3) is 1.62. The van der Waals surface area contributed by atoms with Crippen LogP contribution in [0, 0.1) is 0 Å². The van der Waals surface area contributed by atoms with Crippen LogP contribution in [-0.4, -0.2) is 29.5 Å². The van der Waals surface area contributed by atoms with Crippen LogP contribution in [0.2, 0.25) is 0 Å². The first-order chi connectivity index (χ1) is 4.91. The largest absolute Gasteiger partial charge is 0.450 e. The van der Waals surface area contributed by atoms with Gasteiger partial charge in [-0.15, -0.1) is 0 Å². The minimum Gasteiger partial charge on any atom is -0.450 e. The van der Waals surface area contributed by atoms with E-state index in [1.165, 1.54) is 6.92 Å². The van der Waals surface area contributed by atoms with E-state index in [1.54, 1.807) is 0 Å². The lowest BCUT2D eigenvalue weighted by Gasteiger charge is -2.13. The second kappa shape index (κ2) is 2.37. The molecule has 0 amide bonds. The van der Waals surface area contributed by atoms with Gasteiger partial charge in [0.2, 0.25) is 12.3 Å². The fourth-order valence-electron chi connectivity index (χ4n) is 0.764. The third-order valence-corrected chi connectivity index (χ3v) is 1.22. The molecule has 0 saturated carbocycles. The molecule has 2 unspecified atom stereocenters. The fourth-order valence-corrected chi connectivity index (χ4v) is 0.764. The molecule has 0 aromatic heterocycles. The van der Waals surface area contributed by atoms with Crippen molar-refractivity contribution in [3.63, 3.8) is 0 Å². The van der Waals surface area contributed by atoms with Gasteiger partial charge in [-0.3, -0.25) is 0 Å². The fraction of sp³-hybridized carbons (Fsp3) is 0.800. The van der Waals surface area contributed by atoms with E-state index in [4.69, 9.17) is 5.11 Å². The van der Waals surface area contributed by atoms with Crippen molar-refractivity contribution in [3.05, 3.63) is 0 Å². The van der Waals surface area contributed by atoms with Crippen molar-refractivity contribution in [2.75, 3.05) is 0 Å². The molecule has 0 bridgehead atoms. The number of alkyl halides is 3. The quantitative estimate of drug-likeness (QED) is 0.579. The summed E-state index contributed by atoms with van der Waals surface area (Å²) in [4.78, 5) is 3.06. The number of rotatable bonds is 0. The highest BCUT2D eigenvalue weighted by atomic mass is 19.4. The molecule has 1 rings (SSSR count). The maximum Gasteiger partial charge on any atom is 0.417 e. The molecule has 0 aliphatic carbocycles. The molecule has 0 saturated heterocycles. The van der Waals surface area contributed by atoms with E-state index >= 15 is 0 Å². The lowest BCUT2D eigenvalue weighted by molar-refractivity contribution is -0.190. The first-order valence-corrected chi connectivity index (χ1v) is 2.87. The van der Waals surface area contributed by atoms with Crippen molar-refractivity contribution in [1.29, 1.82) is 0 Å². The highest BCUT2D eigenvalue weighted by Crippen LogP contribution is 2.29. The zero-order chi connectivity index (χ0) is 8.65. The van der Waals surface area contributed by atoms with Crippen LogP contribution in [0.15, 0.2) is 4.99 Å². The number of aliphatic imine (C=N–C) groups is 1. The SMILES string of the molecule is CC1=NC(C(F)(F)F)C(O)O1. The van der Waals surface area contributed by atoms with Gasteiger partial charge in [0.1, 0.15) is 0 Å². The van der Waals surface area contributed by atoms with Crippen molar-refractivity contribution in [2.45, 2.75) is 25.4 Å². The molecule has 3 nitrogen and oxygen atoms in total. The molecule has 1 heterocycles. The second-order valence-corrected chi connectivity index (χ2v) is 2.14. The van der Waals surface area contributed by atoms with Crippen LogP contribution >= 0.6 is 0 Å². The summed E-state index contributed by atoms with van der Waals surface area (Å²) in [6, 6.07) is -2.12. The molecule has 0 spiro atoms. The summed E-state index contributed by atoms with van der Waals surface area (Å²) in [5.74, 6) is -0.139. The molecular weight excluding hydrogens is 163 g/mol. The first-order valence-electron chi connectivity index (χ1n) is 2.87. The van der Waals surface area contributed by atoms with Crippen molar-refractivity contribution in [1.82, 2.24) is 0 Å². The standard InChI is InChI=1S/C5H6F3NO2/c1-2-9-3(4(10)11-2)5(6,7)8/h3-4,10H,1H3. The van der Waals surface area contributed by atoms with Crippen molar-refractivity contribution in [2.24, 2.45) is 4.99 Å². The van der Waals surface area contributed by atoms with Crippen LogP contribution in [0.4, 0.5) is 13.2 Å². The van der Waals surface area contributed by atoms with Crippen molar-refractivity contribution in [3.8, 4) is 0 Å². The monoisotopic (exact) mass is 169 g/mol. The van der Waals surface area contributed by atoms with Gasteiger partial charge >= 0.3 is 6.18 Å². The number of hydrogen-bond donors (Lipinski definition) is 1. The summed E-state index contributed by atoms with van der Waals surface area (Å²) in [6.45, 7) is 1.26. The van der Waals surface area contributed by atoms with E-state index in [2.05, 4.69) is 9.73 Å². The number of aliphatic hydroxyl groups excluding tert-OH is 1. The Bertz CT molecular complexity index is 189. The minimum atomic E-state index is -4.53. The van der Waals surface area contributed by atoms with Crippen LogP contribution in [0.3, 0.4) is 0 Å². The maximum atomic E-state index is 11.8. The van der Waals surface area contributed by atoms with Gasteiger partial charge in [-0.2, -0.15) is 13.2 Å². The molecule has 1 aliphatic heterocycles. The smallest absolute Gasteiger partial charge is 0.417 e. The van der Waals surface area contributed by atoms with Crippen LogP contribution in [0.25, 0.3) is 0 Å². The lowest BCUT2D eigenvalue weighted by Crippen LogP contribution is -2.35. The Morgan fingerprint density at radius 1 is 1.55 bits per heavy atom. The zero-order valence-electron chi connectivity index (χ0n) is 5.59. The Labute approximate surface area is 60.5 Å². The van der Waals surface area contributed by atoms with Crippen LogP contribution in [0.5, 0.6) is 0 Å². The van der Waals surface area contributed by atoms with E-state index < -0.39 is 18.5 Å². The number of ether oxygens (including phenoxy) is 1. The van der Waals surface area contributed by atoms with Gasteiger partial charge in [-0.05, 0) is 0 Å². The van der Waals surface area contributed by atoms with Crippen molar-refractivity contribution >= 4 is 5.90 Å². The normalized spacial score (nSPS) is 31.5. The summed E-state index contributed by atoms with van der Waals surface area (Å²) in [5, 5.41) is 8.64. The topological polar surface area (TPSA) is 41.8 Å². The van der Waals surface area contributed by atoms with E-state index in [0.29, 0.717) is 0 Å². The molecule has 6 heteroatoms. The van der Waals surface area contributed by atoms with Gasteiger partial charge in [0.05, 0.1) is 0 Å². The molecule has 1 aliphatic rings. The van der Waals surface area contributed by atoms with Crippen LogP contribution in [-0.2, 0) is 4.74 Å². The summed E-state index contributed by atoms with van der Waals surface area (Å²) in [7, 11) is 0. The minimum absolute atomic E-state index is 0.139. The summed E-state index contributed by atoms with van der Waals surface area (Å²) in [5.41, 5.74) is 0. The predicted molar refractivity (Wildman–Crippen MR) is 30.0 cm³/mol. The van der Waals surface area contributed by atoms with Crippen LogP contribution in [0.1, 0.15) is 6.92 Å². The Balaban J connectivity index is 2.74. The molecule has 0 aromatic rings. The first kappa shape index (κ1) is 8.32. The van der Waals surface area contributed by atoms with Gasteiger partial charge in [0.25, 0.3) is 0 Å². The molecular formula is C5H6F3NO2. The lowest BCUT2D eigenvalue weighted by atomic mass is 10.3. The Morgan fingerprint density at radius 2 is 2.09 bits per heavy atom. The molecule has 0 radical (unpaired) electrons. The Hall–Kier alpha value is -0.780. The zero-order valence-corrected chi connectivity index (χ0v) is 5.59. The molecule has 2 atom stereocenters. The number of nitrogens with zero attached hydrogens (tertiary/aromatic N) is 1. The van der Waals surface area contributed by atoms with Crippen LogP contribution < -0.4 is 0 Å². The molecule has 11 heavy (non-hydrogen) atoms. The van der Waals surface area contributed by atoms with E-state index in [0.717, 1.165) is 0 Å². The molecule has 0 aromatic carbocycles. The molecule has 1 N–H and O–H groups in total. The summed E-state index contributed by atoms with van der Waals surface area (Å²) in [6.07, 6.45) is -6.41.